The third-order valence-corrected chi connectivity index (χ3v) is 3.60. The van der Waals surface area contributed by atoms with Gasteiger partial charge in [-0.1, -0.05) is 0 Å². The predicted octanol–water partition coefficient (Wildman–Crippen LogP) is 0.881. The molecule has 5 heteroatoms. The van der Waals surface area contributed by atoms with Crippen LogP contribution in [0.3, 0.4) is 0 Å². The van der Waals surface area contributed by atoms with Crippen molar-refractivity contribution in [3.63, 3.8) is 0 Å². The maximum Gasteiger partial charge on any atom is 0.317 e. The number of hydrogen-bond donors (Lipinski definition) is 2. The van der Waals surface area contributed by atoms with Gasteiger partial charge in [0.05, 0.1) is 6.10 Å². The molecule has 0 radical (unpaired) electrons. The van der Waals surface area contributed by atoms with Crippen molar-refractivity contribution in [2.45, 2.75) is 51.3 Å². The van der Waals surface area contributed by atoms with E-state index in [2.05, 4.69) is 24.2 Å². The Bertz CT molecular complexity index is 267. The fraction of sp³-hybridized carbons (Fsp3) is 0.923. The number of aliphatic hydroxyl groups is 1. The van der Waals surface area contributed by atoms with Crippen molar-refractivity contribution in [2.75, 3.05) is 27.2 Å². The van der Waals surface area contributed by atoms with Gasteiger partial charge in [-0.3, -0.25) is 4.90 Å². The van der Waals surface area contributed by atoms with Crippen LogP contribution in [0.1, 0.15) is 33.1 Å². The summed E-state index contributed by atoms with van der Waals surface area (Å²) in [6.07, 6.45) is 2.81. The van der Waals surface area contributed by atoms with Crippen LogP contribution >= 0.6 is 0 Å². The normalized spacial score (nSPS) is 18.6. The van der Waals surface area contributed by atoms with Gasteiger partial charge in [0.15, 0.2) is 0 Å². The van der Waals surface area contributed by atoms with Crippen molar-refractivity contribution in [3.05, 3.63) is 0 Å². The number of carbonyl (C=O) groups is 1. The highest BCUT2D eigenvalue weighted by Crippen LogP contribution is 2.26. The molecule has 0 bridgehead atoms. The van der Waals surface area contributed by atoms with Gasteiger partial charge in [-0.2, -0.15) is 0 Å². The van der Waals surface area contributed by atoms with E-state index in [1.54, 1.807) is 18.9 Å². The Morgan fingerprint density at radius 2 is 2.00 bits per heavy atom. The molecule has 106 valence electrons. The van der Waals surface area contributed by atoms with Gasteiger partial charge in [0.1, 0.15) is 0 Å². The van der Waals surface area contributed by atoms with Crippen molar-refractivity contribution >= 4 is 6.03 Å². The Morgan fingerprint density at radius 3 is 2.50 bits per heavy atom. The second kappa shape index (κ2) is 6.95. The third kappa shape index (κ3) is 5.23. The number of nitrogens with zero attached hydrogens (tertiary/aromatic N) is 2. The first-order valence-corrected chi connectivity index (χ1v) is 6.80. The lowest BCUT2D eigenvalue weighted by atomic mass is 10.3. The molecule has 1 fully saturated rings. The van der Waals surface area contributed by atoms with Gasteiger partial charge in [0.25, 0.3) is 0 Å². The number of urea groups is 1. The Morgan fingerprint density at radius 1 is 1.39 bits per heavy atom. The zero-order valence-electron chi connectivity index (χ0n) is 12.0. The van der Waals surface area contributed by atoms with E-state index in [-0.39, 0.29) is 12.1 Å². The number of hydrogen-bond acceptors (Lipinski definition) is 3. The SMILES string of the molecule is CC(O)CCN(C)C(=O)NCC(C)N(C)C1CC1. The predicted molar refractivity (Wildman–Crippen MR) is 72.6 cm³/mol. The Hall–Kier alpha value is -0.810. The lowest BCUT2D eigenvalue weighted by Gasteiger charge is -2.26. The molecule has 1 aliphatic rings. The zero-order valence-corrected chi connectivity index (χ0v) is 12.0. The van der Waals surface area contributed by atoms with Crippen molar-refractivity contribution in [1.82, 2.24) is 15.1 Å². The molecular formula is C13H27N3O2. The number of likely N-dealkylation sites (N-methyl/N-ethyl adjacent to an activating group) is 1. The van der Waals surface area contributed by atoms with E-state index in [1.807, 2.05) is 0 Å². The van der Waals surface area contributed by atoms with Crippen LogP contribution < -0.4 is 5.32 Å². The molecule has 0 heterocycles. The van der Waals surface area contributed by atoms with Crippen LogP contribution in [0.4, 0.5) is 4.79 Å². The molecule has 0 spiro atoms. The highest BCUT2D eigenvalue weighted by Gasteiger charge is 2.29. The molecule has 0 saturated heterocycles. The summed E-state index contributed by atoms with van der Waals surface area (Å²) in [5.41, 5.74) is 0. The number of nitrogens with one attached hydrogen (secondary N) is 1. The van der Waals surface area contributed by atoms with Crippen LogP contribution in [-0.4, -0.2) is 66.3 Å². The second-order valence-electron chi connectivity index (χ2n) is 5.49. The van der Waals surface area contributed by atoms with Gasteiger partial charge in [-0.15, -0.1) is 0 Å². The van der Waals surface area contributed by atoms with E-state index in [1.165, 1.54) is 12.8 Å². The Labute approximate surface area is 110 Å². The molecule has 2 unspecified atom stereocenters. The van der Waals surface area contributed by atoms with Gasteiger partial charge in [-0.25, -0.2) is 4.79 Å². The maximum absolute atomic E-state index is 11.8. The van der Waals surface area contributed by atoms with E-state index in [0.717, 1.165) is 0 Å². The minimum Gasteiger partial charge on any atom is -0.393 e. The summed E-state index contributed by atoms with van der Waals surface area (Å²) < 4.78 is 0. The lowest BCUT2D eigenvalue weighted by molar-refractivity contribution is 0.161. The van der Waals surface area contributed by atoms with Gasteiger partial charge in [0, 0.05) is 32.2 Å². The van der Waals surface area contributed by atoms with Gasteiger partial charge < -0.3 is 15.3 Å². The molecule has 2 N–H and O–H groups in total. The fourth-order valence-electron chi connectivity index (χ4n) is 1.84. The number of amides is 2. The largest absolute Gasteiger partial charge is 0.393 e. The standard InChI is InChI=1S/C13H27N3O2/c1-10(16(4)12-5-6-12)9-14-13(18)15(3)8-7-11(2)17/h10-12,17H,5-9H2,1-4H3,(H,14,18). The van der Waals surface area contributed by atoms with E-state index in [9.17, 15) is 9.90 Å². The lowest BCUT2D eigenvalue weighted by Crippen LogP contribution is -2.45. The molecule has 0 aromatic heterocycles. The summed E-state index contributed by atoms with van der Waals surface area (Å²) >= 11 is 0. The topological polar surface area (TPSA) is 55.8 Å². The minimum atomic E-state index is -0.361. The first-order chi connectivity index (χ1) is 8.41. The Kier molecular flexibility index (Phi) is 5.88. The van der Waals surface area contributed by atoms with Crippen LogP contribution in [0.15, 0.2) is 0 Å². The van der Waals surface area contributed by atoms with Crippen LogP contribution in [0.2, 0.25) is 0 Å². The molecular weight excluding hydrogens is 230 g/mol. The van der Waals surface area contributed by atoms with Gasteiger partial charge >= 0.3 is 6.03 Å². The molecule has 0 aromatic carbocycles. The Balaban J connectivity index is 2.18. The maximum atomic E-state index is 11.8. The fourth-order valence-corrected chi connectivity index (χ4v) is 1.84. The monoisotopic (exact) mass is 257 g/mol. The van der Waals surface area contributed by atoms with E-state index >= 15 is 0 Å². The van der Waals surface area contributed by atoms with Crippen LogP contribution in [0.5, 0.6) is 0 Å². The summed E-state index contributed by atoms with van der Waals surface area (Å²) in [5, 5.41) is 12.1. The summed E-state index contributed by atoms with van der Waals surface area (Å²) in [7, 11) is 3.87. The number of carbonyl (C=O) groups excluding carboxylic acids is 1. The molecule has 1 saturated carbocycles. The third-order valence-electron chi connectivity index (χ3n) is 3.60. The molecule has 0 aliphatic heterocycles. The van der Waals surface area contributed by atoms with E-state index in [4.69, 9.17) is 0 Å². The summed E-state index contributed by atoms with van der Waals surface area (Å²) in [6.45, 7) is 5.12. The van der Waals surface area contributed by atoms with Crippen molar-refractivity contribution in [2.24, 2.45) is 0 Å². The first-order valence-electron chi connectivity index (χ1n) is 6.80. The van der Waals surface area contributed by atoms with Crippen molar-refractivity contribution in [1.29, 1.82) is 0 Å². The molecule has 2 amide bonds. The smallest absolute Gasteiger partial charge is 0.317 e. The molecule has 1 aliphatic carbocycles. The summed E-state index contributed by atoms with van der Waals surface area (Å²) in [4.78, 5) is 15.7. The average molecular weight is 257 g/mol. The summed E-state index contributed by atoms with van der Waals surface area (Å²) in [6, 6.07) is 1.02. The van der Waals surface area contributed by atoms with Gasteiger partial charge in [-0.05, 0) is 40.2 Å². The highest BCUT2D eigenvalue weighted by molar-refractivity contribution is 5.73. The first kappa shape index (κ1) is 15.2. The molecule has 5 nitrogen and oxygen atoms in total. The van der Waals surface area contributed by atoms with Gasteiger partial charge in [0.2, 0.25) is 0 Å². The van der Waals surface area contributed by atoms with Crippen LogP contribution in [0.25, 0.3) is 0 Å². The second-order valence-corrected chi connectivity index (χ2v) is 5.49. The number of aliphatic hydroxyl groups excluding tert-OH is 1. The molecule has 0 aromatic rings. The minimum absolute atomic E-state index is 0.0632. The quantitative estimate of drug-likeness (QED) is 0.712. The molecule has 1 rings (SSSR count). The van der Waals surface area contributed by atoms with Crippen molar-refractivity contribution < 1.29 is 9.90 Å². The van der Waals surface area contributed by atoms with E-state index < -0.39 is 0 Å². The average Bonchev–Trinajstić information content (AvgIpc) is 3.15. The van der Waals surface area contributed by atoms with Crippen LogP contribution in [0, 0.1) is 0 Å². The zero-order chi connectivity index (χ0) is 13.7. The van der Waals surface area contributed by atoms with Crippen LogP contribution in [-0.2, 0) is 0 Å². The highest BCUT2D eigenvalue weighted by atomic mass is 16.3. The summed E-state index contributed by atoms with van der Waals surface area (Å²) in [5.74, 6) is 0. The number of rotatable bonds is 7. The molecule has 2 atom stereocenters. The van der Waals surface area contributed by atoms with Crippen molar-refractivity contribution in [3.8, 4) is 0 Å². The molecule has 18 heavy (non-hydrogen) atoms. The van der Waals surface area contributed by atoms with E-state index in [0.29, 0.717) is 31.6 Å².